The van der Waals surface area contributed by atoms with Crippen molar-refractivity contribution >= 4 is 11.9 Å². The smallest absolute Gasteiger partial charge is 0.329 e. The number of carbonyl (C=O) groups excluding carboxylic acids is 1. The largest absolute Gasteiger partial charge is 0.480 e. The molecule has 4 nitrogen and oxygen atoms in total. The van der Waals surface area contributed by atoms with Crippen molar-refractivity contribution < 1.29 is 14.7 Å². The Bertz CT molecular complexity index is 412. The molecule has 0 saturated heterocycles. The fourth-order valence-corrected chi connectivity index (χ4v) is 1.34. The van der Waals surface area contributed by atoms with Gasteiger partial charge in [0.2, 0.25) is 5.91 Å². The highest BCUT2D eigenvalue weighted by Crippen LogP contribution is 2.14. The van der Waals surface area contributed by atoms with E-state index in [1.54, 1.807) is 0 Å². The fourth-order valence-electron chi connectivity index (χ4n) is 1.34. The van der Waals surface area contributed by atoms with Gasteiger partial charge in [0.25, 0.3) is 0 Å². The van der Waals surface area contributed by atoms with Gasteiger partial charge in [0.05, 0.1) is 6.42 Å². The van der Waals surface area contributed by atoms with Crippen LogP contribution in [0.4, 0.5) is 0 Å². The van der Waals surface area contributed by atoms with Gasteiger partial charge in [-0.3, -0.25) is 4.79 Å². The lowest BCUT2D eigenvalue weighted by Crippen LogP contribution is -2.51. The van der Waals surface area contributed by atoms with E-state index in [9.17, 15) is 9.59 Å². The highest BCUT2D eigenvalue weighted by atomic mass is 16.4. The van der Waals surface area contributed by atoms with E-state index in [1.807, 2.05) is 30.3 Å². The SMILES string of the molecule is CN(C(=O)Cc1ccccc1)C(C)(C)C(=O)O. The first-order chi connectivity index (χ1) is 7.85. The average Bonchev–Trinajstić information content (AvgIpc) is 2.29. The normalized spacial score (nSPS) is 11.0. The van der Waals surface area contributed by atoms with Crippen LogP contribution in [0.2, 0.25) is 0 Å². The molecule has 17 heavy (non-hydrogen) atoms. The number of carboxylic acid groups (broad SMARTS) is 1. The standard InChI is InChI=1S/C13H17NO3/c1-13(2,12(16)17)14(3)11(15)9-10-7-5-4-6-8-10/h4-8H,9H2,1-3H3,(H,16,17). The number of hydrogen-bond donors (Lipinski definition) is 1. The van der Waals surface area contributed by atoms with Gasteiger partial charge in [0.1, 0.15) is 5.54 Å². The summed E-state index contributed by atoms with van der Waals surface area (Å²) in [5.41, 5.74) is -0.308. The Labute approximate surface area is 101 Å². The van der Waals surface area contributed by atoms with E-state index in [0.29, 0.717) is 0 Å². The van der Waals surface area contributed by atoms with E-state index < -0.39 is 11.5 Å². The summed E-state index contributed by atoms with van der Waals surface area (Å²) >= 11 is 0. The minimum absolute atomic E-state index is 0.205. The van der Waals surface area contributed by atoms with Crippen LogP contribution in [0.1, 0.15) is 19.4 Å². The molecule has 1 aromatic rings. The van der Waals surface area contributed by atoms with Gasteiger partial charge < -0.3 is 10.0 Å². The summed E-state index contributed by atoms with van der Waals surface area (Å²) in [7, 11) is 1.51. The van der Waals surface area contributed by atoms with Crippen LogP contribution < -0.4 is 0 Å². The van der Waals surface area contributed by atoms with Crippen LogP contribution in [0, 0.1) is 0 Å². The molecule has 0 heterocycles. The van der Waals surface area contributed by atoms with Crippen LogP contribution in [0.5, 0.6) is 0 Å². The van der Waals surface area contributed by atoms with E-state index >= 15 is 0 Å². The molecule has 0 aliphatic carbocycles. The van der Waals surface area contributed by atoms with Gasteiger partial charge in [-0.1, -0.05) is 30.3 Å². The number of benzene rings is 1. The molecule has 0 unspecified atom stereocenters. The maximum absolute atomic E-state index is 11.9. The molecule has 1 aromatic carbocycles. The maximum atomic E-state index is 11.9. The Morgan fingerprint density at radius 1 is 1.24 bits per heavy atom. The summed E-state index contributed by atoms with van der Waals surface area (Å²) in [5.74, 6) is -1.22. The van der Waals surface area contributed by atoms with Crippen LogP contribution in [-0.4, -0.2) is 34.5 Å². The lowest BCUT2D eigenvalue weighted by atomic mass is 10.0. The third-order valence-electron chi connectivity index (χ3n) is 2.93. The molecule has 0 atom stereocenters. The Morgan fingerprint density at radius 3 is 2.24 bits per heavy atom. The minimum atomic E-state index is -1.19. The number of rotatable bonds is 4. The molecular formula is C13H17NO3. The Kier molecular flexibility index (Phi) is 3.89. The predicted octanol–water partition coefficient (Wildman–Crippen LogP) is 1.55. The van der Waals surface area contributed by atoms with Crippen molar-refractivity contribution in [2.45, 2.75) is 25.8 Å². The fraction of sp³-hybridized carbons (Fsp3) is 0.385. The molecule has 0 spiro atoms. The second kappa shape index (κ2) is 4.99. The first kappa shape index (κ1) is 13.2. The third-order valence-corrected chi connectivity index (χ3v) is 2.93. The van der Waals surface area contributed by atoms with Gasteiger partial charge >= 0.3 is 5.97 Å². The topological polar surface area (TPSA) is 57.6 Å². The molecule has 0 radical (unpaired) electrons. The number of carbonyl (C=O) groups is 2. The van der Waals surface area contributed by atoms with Crippen molar-refractivity contribution in [1.29, 1.82) is 0 Å². The monoisotopic (exact) mass is 235 g/mol. The Balaban J connectivity index is 2.75. The summed E-state index contributed by atoms with van der Waals surface area (Å²) in [4.78, 5) is 24.2. The molecule has 4 heteroatoms. The zero-order chi connectivity index (χ0) is 13.1. The minimum Gasteiger partial charge on any atom is -0.480 e. The average molecular weight is 235 g/mol. The number of aliphatic carboxylic acids is 1. The predicted molar refractivity (Wildman–Crippen MR) is 64.6 cm³/mol. The van der Waals surface area contributed by atoms with Crippen LogP contribution in [-0.2, 0) is 16.0 Å². The van der Waals surface area contributed by atoms with Crippen molar-refractivity contribution in [3.05, 3.63) is 35.9 Å². The number of nitrogens with zero attached hydrogens (tertiary/aromatic N) is 1. The molecule has 0 aromatic heterocycles. The van der Waals surface area contributed by atoms with Gasteiger partial charge in [-0.15, -0.1) is 0 Å². The van der Waals surface area contributed by atoms with Crippen LogP contribution >= 0.6 is 0 Å². The first-order valence-corrected chi connectivity index (χ1v) is 5.39. The van der Waals surface area contributed by atoms with Crippen molar-refractivity contribution in [2.24, 2.45) is 0 Å². The van der Waals surface area contributed by atoms with E-state index in [0.717, 1.165) is 5.56 Å². The van der Waals surface area contributed by atoms with Crippen LogP contribution in [0.15, 0.2) is 30.3 Å². The number of carboxylic acids is 1. The molecule has 0 saturated carbocycles. The van der Waals surface area contributed by atoms with E-state index in [2.05, 4.69) is 0 Å². The highest BCUT2D eigenvalue weighted by Gasteiger charge is 2.34. The molecule has 0 bridgehead atoms. The molecule has 0 aliphatic heterocycles. The summed E-state index contributed by atoms with van der Waals surface area (Å²) in [6, 6.07) is 9.27. The lowest BCUT2D eigenvalue weighted by molar-refractivity contribution is -0.155. The van der Waals surface area contributed by atoms with Gasteiger partial charge in [0, 0.05) is 7.05 Å². The van der Waals surface area contributed by atoms with Crippen molar-refractivity contribution in [3.8, 4) is 0 Å². The number of likely N-dealkylation sites (N-methyl/N-ethyl adjacent to an activating group) is 1. The van der Waals surface area contributed by atoms with Gasteiger partial charge in [0.15, 0.2) is 0 Å². The van der Waals surface area contributed by atoms with E-state index in [1.165, 1.54) is 25.8 Å². The summed E-state index contributed by atoms with van der Waals surface area (Å²) in [6.07, 6.45) is 0.216. The first-order valence-electron chi connectivity index (χ1n) is 5.39. The summed E-state index contributed by atoms with van der Waals surface area (Å²) in [6.45, 7) is 3.02. The third kappa shape index (κ3) is 3.06. The molecule has 1 N–H and O–H groups in total. The number of hydrogen-bond acceptors (Lipinski definition) is 2. The highest BCUT2D eigenvalue weighted by molar-refractivity contribution is 5.87. The molecule has 0 aliphatic rings. The summed E-state index contributed by atoms with van der Waals surface area (Å²) < 4.78 is 0. The van der Waals surface area contributed by atoms with Gasteiger partial charge in [-0.2, -0.15) is 0 Å². The Morgan fingerprint density at radius 2 is 1.76 bits per heavy atom. The van der Waals surface area contributed by atoms with E-state index in [-0.39, 0.29) is 12.3 Å². The second-order valence-corrected chi connectivity index (χ2v) is 4.48. The second-order valence-electron chi connectivity index (χ2n) is 4.48. The van der Waals surface area contributed by atoms with E-state index in [4.69, 9.17) is 5.11 Å². The van der Waals surface area contributed by atoms with Gasteiger partial charge in [-0.05, 0) is 19.4 Å². The number of amides is 1. The molecule has 92 valence electrons. The van der Waals surface area contributed by atoms with Crippen molar-refractivity contribution in [2.75, 3.05) is 7.05 Å². The lowest BCUT2D eigenvalue weighted by Gasteiger charge is -2.31. The zero-order valence-electron chi connectivity index (χ0n) is 10.3. The molecule has 0 fully saturated rings. The molecular weight excluding hydrogens is 218 g/mol. The quantitative estimate of drug-likeness (QED) is 0.861. The van der Waals surface area contributed by atoms with Crippen molar-refractivity contribution in [3.63, 3.8) is 0 Å². The van der Waals surface area contributed by atoms with Crippen LogP contribution in [0.25, 0.3) is 0 Å². The zero-order valence-corrected chi connectivity index (χ0v) is 10.3. The Hall–Kier alpha value is -1.84. The molecule has 1 rings (SSSR count). The van der Waals surface area contributed by atoms with Crippen LogP contribution in [0.3, 0.4) is 0 Å². The summed E-state index contributed by atoms with van der Waals surface area (Å²) in [5, 5.41) is 9.03. The maximum Gasteiger partial charge on any atom is 0.329 e. The molecule has 1 amide bonds. The van der Waals surface area contributed by atoms with Gasteiger partial charge in [-0.25, -0.2) is 4.79 Å². The van der Waals surface area contributed by atoms with Crippen molar-refractivity contribution in [1.82, 2.24) is 4.90 Å².